The number of aryl methyl sites for hydroxylation is 3. The van der Waals surface area contributed by atoms with Crippen molar-refractivity contribution in [3.63, 3.8) is 0 Å². The van der Waals surface area contributed by atoms with Gasteiger partial charge in [-0.2, -0.15) is 0 Å². The Morgan fingerprint density at radius 3 is 2.40 bits per heavy atom. The zero-order valence-corrected chi connectivity index (χ0v) is 12.3. The van der Waals surface area contributed by atoms with Gasteiger partial charge in [0, 0.05) is 23.2 Å². The Balaban J connectivity index is 2.52. The second-order valence-corrected chi connectivity index (χ2v) is 5.10. The molecule has 104 valence electrons. The first-order valence-corrected chi connectivity index (χ1v) is 6.57. The van der Waals surface area contributed by atoms with Crippen LogP contribution in [-0.4, -0.2) is 15.6 Å². The van der Waals surface area contributed by atoms with Crippen molar-refractivity contribution >= 4 is 12.0 Å². The molecule has 2 rings (SSSR count). The summed E-state index contributed by atoms with van der Waals surface area (Å²) in [5, 5.41) is 8.73. The van der Waals surface area contributed by atoms with Crippen LogP contribution < -0.4 is 0 Å². The Hall–Kier alpha value is -2.29. The largest absolute Gasteiger partial charge is 0.478 e. The molecule has 0 amide bonds. The van der Waals surface area contributed by atoms with Gasteiger partial charge in [0.2, 0.25) is 0 Å². The van der Waals surface area contributed by atoms with E-state index in [-0.39, 0.29) is 0 Å². The van der Waals surface area contributed by atoms with Gasteiger partial charge in [-0.15, -0.1) is 0 Å². The van der Waals surface area contributed by atoms with Gasteiger partial charge in [-0.25, -0.2) is 4.79 Å². The summed E-state index contributed by atoms with van der Waals surface area (Å²) >= 11 is 0. The molecule has 0 spiro atoms. The maximum Gasteiger partial charge on any atom is 0.328 e. The van der Waals surface area contributed by atoms with E-state index in [1.807, 2.05) is 19.9 Å². The van der Waals surface area contributed by atoms with Gasteiger partial charge < -0.3 is 9.67 Å². The number of nitrogens with zero attached hydrogens (tertiary/aromatic N) is 1. The highest BCUT2D eigenvalue weighted by Crippen LogP contribution is 2.23. The molecule has 0 aliphatic heterocycles. The van der Waals surface area contributed by atoms with E-state index in [2.05, 4.69) is 36.6 Å². The summed E-state index contributed by atoms with van der Waals surface area (Å²) in [6.45, 7) is 8.22. The molecule has 1 aromatic carbocycles. The molecule has 3 nitrogen and oxygen atoms in total. The molecule has 1 heterocycles. The van der Waals surface area contributed by atoms with Gasteiger partial charge in [0.25, 0.3) is 0 Å². The molecule has 0 radical (unpaired) electrons. The maximum atomic E-state index is 10.6. The molecule has 0 saturated carbocycles. The highest BCUT2D eigenvalue weighted by molar-refractivity contribution is 5.85. The molecule has 0 fully saturated rings. The molecular weight excluding hydrogens is 250 g/mol. The van der Waals surface area contributed by atoms with Gasteiger partial charge in [-0.3, -0.25) is 0 Å². The summed E-state index contributed by atoms with van der Waals surface area (Å²) in [6.07, 6.45) is 2.81. The average Bonchev–Trinajstić information content (AvgIpc) is 2.65. The van der Waals surface area contributed by atoms with Crippen molar-refractivity contribution in [2.24, 2.45) is 0 Å². The van der Waals surface area contributed by atoms with E-state index in [4.69, 9.17) is 5.11 Å². The summed E-state index contributed by atoms with van der Waals surface area (Å²) in [5.41, 5.74) is 6.69. The highest BCUT2D eigenvalue weighted by Gasteiger charge is 2.09. The molecule has 0 saturated heterocycles. The predicted octanol–water partition coefficient (Wildman–Crippen LogP) is 3.81. The van der Waals surface area contributed by atoms with Gasteiger partial charge in [-0.1, -0.05) is 6.07 Å². The van der Waals surface area contributed by atoms with Crippen LogP contribution in [0.2, 0.25) is 0 Å². The molecule has 2 aromatic rings. The van der Waals surface area contributed by atoms with Crippen LogP contribution in [0, 0.1) is 27.7 Å². The fourth-order valence-electron chi connectivity index (χ4n) is 2.38. The van der Waals surface area contributed by atoms with Crippen LogP contribution in [0.1, 0.15) is 28.1 Å². The minimum absolute atomic E-state index is 0.930. The lowest BCUT2D eigenvalue weighted by Crippen LogP contribution is -2.00. The average molecular weight is 269 g/mol. The number of hydrogen-bond acceptors (Lipinski definition) is 1. The lowest BCUT2D eigenvalue weighted by Gasteiger charge is -2.11. The normalized spacial score (nSPS) is 11.2. The Morgan fingerprint density at radius 1 is 1.10 bits per heavy atom. The van der Waals surface area contributed by atoms with Crippen molar-refractivity contribution in [3.05, 3.63) is 58.4 Å². The van der Waals surface area contributed by atoms with Crippen molar-refractivity contribution in [1.82, 2.24) is 4.57 Å². The van der Waals surface area contributed by atoms with E-state index in [0.717, 1.165) is 22.6 Å². The zero-order chi connectivity index (χ0) is 14.9. The molecule has 0 bridgehead atoms. The first kappa shape index (κ1) is 14.1. The minimum atomic E-state index is -0.930. The van der Waals surface area contributed by atoms with Gasteiger partial charge in [0.15, 0.2) is 0 Å². The summed E-state index contributed by atoms with van der Waals surface area (Å²) in [4.78, 5) is 10.6. The second kappa shape index (κ2) is 5.37. The number of carboxylic acid groups (broad SMARTS) is 1. The third-order valence-electron chi connectivity index (χ3n) is 3.62. The summed E-state index contributed by atoms with van der Waals surface area (Å²) in [7, 11) is 0. The van der Waals surface area contributed by atoms with Crippen molar-refractivity contribution < 1.29 is 9.90 Å². The van der Waals surface area contributed by atoms with E-state index in [9.17, 15) is 4.79 Å². The van der Waals surface area contributed by atoms with Crippen LogP contribution in [0.25, 0.3) is 11.8 Å². The van der Waals surface area contributed by atoms with Crippen LogP contribution in [0.15, 0.2) is 30.3 Å². The van der Waals surface area contributed by atoms with E-state index in [1.54, 1.807) is 6.08 Å². The van der Waals surface area contributed by atoms with E-state index < -0.39 is 5.97 Å². The van der Waals surface area contributed by atoms with Crippen molar-refractivity contribution in [1.29, 1.82) is 0 Å². The quantitative estimate of drug-likeness (QED) is 0.861. The molecule has 0 unspecified atom stereocenters. The molecule has 1 N–H and O–H groups in total. The molecule has 0 atom stereocenters. The highest BCUT2D eigenvalue weighted by atomic mass is 16.4. The number of carbonyl (C=O) groups is 1. The Kier molecular flexibility index (Phi) is 3.79. The van der Waals surface area contributed by atoms with Crippen LogP contribution in [0.3, 0.4) is 0 Å². The minimum Gasteiger partial charge on any atom is -0.478 e. The summed E-state index contributed by atoms with van der Waals surface area (Å²) in [6, 6.07) is 8.35. The smallest absolute Gasteiger partial charge is 0.328 e. The number of carboxylic acids is 1. The van der Waals surface area contributed by atoms with Crippen LogP contribution >= 0.6 is 0 Å². The van der Waals surface area contributed by atoms with Gasteiger partial charge in [0.1, 0.15) is 0 Å². The van der Waals surface area contributed by atoms with E-state index in [1.165, 1.54) is 17.2 Å². The molecule has 0 aliphatic carbocycles. The van der Waals surface area contributed by atoms with Crippen LogP contribution in [0.5, 0.6) is 0 Å². The fraction of sp³-hybridized carbons (Fsp3) is 0.235. The number of benzene rings is 1. The monoisotopic (exact) mass is 269 g/mol. The second-order valence-electron chi connectivity index (χ2n) is 5.10. The SMILES string of the molecule is Cc1ccc(-n2c(C)cc(C=CC(=O)O)c2C)cc1C. The number of aromatic nitrogens is 1. The molecule has 0 aliphatic rings. The maximum absolute atomic E-state index is 10.6. The molecule has 20 heavy (non-hydrogen) atoms. The summed E-state index contributed by atoms with van der Waals surface area (Å²) in [5.74, 6) is -0.930. The van der Waals surface area contributed by atoms with Crippen molar-refractivity contribution in [2.75, 3.05) is 0 Å². The number of hydrogen-bond donors (Lipinski definition) is 1. The first-order chi connectivity index (χ1) is 9.40. The third-order valence-corrected chi connectivity index (χ3v) is 3.62. The molecular formula is C17H19NO2. The summed E-state index contributed by atoms with van der Waals surface area (Å²) < 4.78 is 2.15. The van der Waals surface area contributed by atoms with Crippen LogP contribution in [-0.2, 0) is 4.79 Å². The third kappa shape index (κ3) is 2.67. The zero-order valence-electron chi connectivity index (χ0n) is 12.3. The Labute approximate surface area is 119 Å². The van der Waals surface area contributed by atoms with Gasteiger partial charge in [-0.05, 0) is 68.7 Å². The molecule has 1 aromatic heterocycles. The molecule has 3 heteroatoms. The van der Waals surface area contributed by atoms with Gasteiger partial charge in [0.05, 0.1) is 0 Å². The van der Waals surface area contributed by atoms with Crippen LogP contribution in [0.4, 0.5) is 0 Å². The lowest BCUT2D eigenvalue weighted by atomic mass is 10.1. The van der Waals surface area contributed by atoms with E-state index >= 15 is 0 Å². The predicted molar refractivity (Wildman–Crippen MR) is 81.4 cm³/mol. The lowest BCUT2D eigenvalue weighted by molar-refractivity contribution is -0.131. The van der Waals surface area contributed by atoms with Crippen molar-refractivity contribution in [2.45, 2.75) is 27.7 Å². The number of aliphatic carboxylic acids is 1. The first-order valence-electron chi connectivity index (χ1n) is 6.57. The van der Waals surface area contributed by atoms with Crippen molar-refractivity contribution in [3.8, 4) is 5.69 Å². The van der Waals surface area contributed by atoms with Gasteiger partial charge >= 0.3 is 5.97 Å². The van der Waals surface area contributed by atoms with E-state index in [0.29, 0.717) is 0 Å². The Morgan fingerprint density at radius 2 is 1.80 bits per heavy atom. The number of rotatable bonds is 3. The standard InChI is InChI=1S/C17H19NO2/c1-11-5-7-16(9-12(11)2)18-13(3)10-15(14(18)4)6-8-17(19)20/h5-10H,1-4H3,(H,19,20). The Bertz CT molecular complexity index is 693. The fourth-order valence-corrected chi connectivity index (χ4v) is 2.38. The topological polar surface area (TPSA) is 42.2 Å².